The topological polar surface area (TPSA) is 85.4 Å². The molecule has 21 heavy (non-hydrogen) atoms. The number of aryl methyl sites for hydroxylation is 1. The van der Waals surface area contributed by atoms with E-state index in [0.29, 0.717) is 5.56 Å². The smallest absolute Gasteiger partial charge is 0.349 e. The number of rotatable bonds is 4. The Bertz CT molecular complexity index is 786. The molecule has 0 saturated carbocycles. The van der Waals surface area contributed by atoms with Crippen LogP contribution in [0, 0.1) is 6.92 Å². The number of nitrogens with one attached hydrogen (secondary N) is 1. The lowest BCUT2D eigenvalue weighted by Gasteiger charge is -2.10. The second-order valence-electron chi connectivity index (χ2n) is 4.03. The first-order valence-electron chi connectivity index (χ1n) is 5.65. The SMILES string of the molecule is COC(=O)c1scc(C)c1S(=O)(=O)Nc1cnccc1Cl. The minimum absolute atomic E-state index is 0.0162. The summed E-state index contributed by atoms with van der Waals surface area (Å²) < 4.78 is 31.9. The van der Waals surface area contributed by atoms with Crippen LogP contribution < -0.4 is 4.72 Å². The molecule has 0 spiro atoms. The van der Waals surface area contributed by atoms with Crippen LogP contribution in [0.1, 0.15) is 15.2 Å². The van der Waals surface area contributed by atoms with Crippen LogP contribution in [0.5, 0.6) is 0 Å². The van der Waals surface area contributed by atoms with Crippen LogP contribution in [0.25, 0.3) is 0 Å². The van der Waals surface area contributed by atoms with Crippen molar-refractivity contribution in [1.82, 2.24) is 4.98 Å². The molecule has 2 heterocycles. The fourth-order valence-corrected chi connectivity index (χ4v) is 4.63. The minimum atomic E-state index is -3.97. The van der Waals surface area contributed by atoms with Gasteiger partial charge in [0, 0.05) is 6.20 Å². The predicted molar refractivity (Wildman–Crippen MR) is 80.5 cm³/mol. The van der Waals surface area contributed by atoms with Gasteiger partial charge in [-0.2, -0.15) is 0 Å². The molecule has 112 valence electrons. The van der Waals surface area contributed by atoms with E-state index in [0.717, 1.165) is 11.3 Å². The summed E-state index contributed by atoms with van der Waals surface area (Å²) in [5.41, 5.74) is 0.591. The Morgan fingerprint density at radius 2 is 2.19 bits per heavy atom. The number of carbonyl (C=O) groups is 1. The number of thiophene rings is 1. The number of carbonyl (C=O) groups excluding carboxylic acids is 1. The summed E-state index contributed by atoms with van der Waals surface area (Å²) >= 11 is 6.91. The van der Waals surface area contributed by atoms with Gasteiger partial charge in [-0.25, -0.2) is 13.2 Å². The lowest BCUT2D eigenvalue weighted by Crippen LogP contribution is -2.17. The number of sulfonamides is 1. The number of hydrogen-bond donors (Lipinski definition) is 1. The third-order valence-corrected chi connectivity index (χ3v) is 5.66. The summed E-state index contributed by atoms with van der Waals surface area (Å²) in [7, 11) is -2.78. The van der Waals surface area contributed by atoms with Crippen LogP contribution in [-0.4, -0.2) is 26.5 Å². The average Bonchev–Trinajstić information content (AvgIpc) is 2.83. The summed E-state index contributed by atoms with van der Waals surface area (Å²) in [5.74, 6) is -0.703. The van der Waals surface area contributed by atoms with Crippen molar-refractivity contribution in [2.24, 2.45) is 0 Å². The third kappa shape index (κ3) is 3.17. The molecule has 0 amide bonds. The number of hydrogen-bond acceptors (Lipinski definition) is 6. The fourth-order valence-electron chi connectivity index (χ4n) is 1.65. The van der Waals surface area contributed by atoms with Gasteiger partial charge in [0.25, 0.3) is 10.0 Å². The summed E-state index contributed by atoms with van der Waals surface area (Å²) in [4.78, 5) is 15.4. The number of pyridine rings is 1. The highest BCUT2D eigenvalue weighted by Crippen LogP contribution is 2.30. The van der Waals surface area contributed by atoms with Gasteiger partial charge in [-0.3, -0.25) is 9.71 Å². The number of methoxy groups -OCH3 is 1. The van der Waals surface area contributed by atoms with E-state index in [9.17, 15) is 13.2 Å². The van der Waals surface area contributed by atoms with Crippen molar-refractivity contribution in [1.29, 1.82) is 0 Å². The highest BCUT2D eigenvalue weighted by molar-refractivity contribution is 7.93. The quantitative estimate of drug-likeness (QED) is 0.860. The lowest BCUT2D eigenvalue weighted by atomic mass is 10.3. The van der Waals surface area contributed by atoms with Crippen molar-refractivity contribution in [3.63, 3.8) is 0 Å². The van der Waals surface area contributed by atoms with E-state index >= 15 is 0 Å². The van der Waals surface area contributed by atoms with E-state index in [2.05, 4.69) is 14.4 Å². The summed E-state index contributed by atoms with van der Waals surface area (Å²) in [6, 6.07) is 1.46. The molecule has 1 N–H and O–H groups in total. The molecule has 0 aliphatic rings. The Morgan fingerprint density at radius 3 is 2.81 bits per heavy atom. The Balaban J connectivity index is 2.48. The van der Waals surface area contributed by atoms with Crippen molar-refractivity contribution in [3.8, 4) is 0 Å². The first kappa shape index (κ1) is 15.7. The molecule has 2 rings (SSSR count). The second-order valence-corrected chi connectivity index (χ2v) is 6.94. The third-order valence-electron chi connectivity index (χ3n) is 2.57. The molecule has 0 radical (unpaired) electrons. The van der Waals surface area contributed by atoms with E-state index in [1.54, 1.807) is 12.3 Å². The minimum Gasteiger partial charge on any atom is -0.465 e. The van der Waals surface area contributed by atoms with E-state index in [1.807, 2.05) is 0 Å². The summed E-state index contributed by atoms with van der Waals surface area (Å²) in [6.07, 6.45) is 2.73. The Labute approximate surface area is 130 Å². The van der Waals surface area contributed by atoms with Gasteiger partial charge in [-0.15, -0.1) is 11.3 Å². The van der Waals surface area contributed by atoms with Gasteiger partial charge >= 0.3 is 5.97 Å². The van der Waals surface area contributed by atoms with E-state index in [1.165, 1.54) is 25.6 Å². The molecule has 0 aliphatic carbocycles. The maximum absolute atomic E-state index is 12.5. The molecule has 0 aromatic carbocycles. The molecule has 0 aliphatic heterocycles. The predicted octanol–water partition coefficient (Wildman–Crippen LogP) is 2.69. The van der Waals surface area contributed by atoms with Crippen LogP contribution in [0.3, 0.4) is 0 Å². The van der Waals surface area contributed by atoms with Gasteiger partial charge < -0.3 is 4.74 Å². The average molecular weight is 347 g/mol. The van der Waals surface area contributed by atoms with E-state index in [4.69, 9.17) is 11.6 Å². The fraction of sp³-hybridized carbons (Fsp3) is 0.167. The zero-order valence-electron chi connectivity index (χ0n) is 11.1. The zero-order valence-corrected chi connectivity index (χ0v) is 13.5. The van der Waals surface area contributed by atoms with Crippen molar-refractivity contribution in [2.45, 2.75) is 11.8 Å². The monoisotopic (exact) mass is 346 g/mol. The Kier molecular flexibility index (Phi) is 4.50. The highest BCUT2D eigenvalue weighted by atomic mass is 35.5. The van der Waals surface area contributed by atoms with Crippen molar-refractivity contribution < 1.29 is 17.9 Å². The molecule has 0 saturated heterocycles. The van der Waals surface area contributed by atoms with Crippen molar-refractivity contribution >= 4 is 44.6 Å². The summed E-state index contributed by atoms with van der Waals surface area (Å²) in [6.45, 7) is 1.60. The maximum Gasteiger partial charge on any atom is 0.349 e. The van der Waals surface area contributed by atoms with Crippen LogP contribution in [-0.2, 0) is 14.8 Å². The summed E-state index contributed by atoms with van der Waals surface area (Å²) in [5, 5.41) is 1.78. The van der Waals surface area contributed by atoms with Gasteiger partial charge in [-0.1, -0.05) is 11.6 Å². The largest absolute Gasteiger partial charge is 0.465 e. The first-order valence-corrected chi connectivity index (χ1v) is 8.39. The number of ether oxygens (including phenoxy) is 1. The van der Waals surface area contributed by atoms with E-state index < -0.39 is 16.0 Å². The number of esters is 1. The number of nitrogens with zero attached hydrogens (tertiary/aromatic N) is 1. The number of halogens is 1. The Morgan fingerprint density at radius 1 is 1.48 bits per heavy atom. The maximum atomic E-state index is 12.5. The molecule has 0 atom stereocenters. The van der Waals surface area contributed by atoms with Crippen molar-refractivity contribution in [2.75, 3.05) is 11.8 Å². The van der Waals surface area contributed by atoms with Gasteiger partial charge in [-0.05, 0) is 23.9 Å². The van der Waals surface area contributed by atoms with Crippen molar-refractivity contribution in [3.05, 3.63) is 39.3 Å². The molecule has 0 unspecified atom stereocenters. The molecule has 6 nitrogen and oxygen atoms in total. The molecule has 9 heteroatoms. The molecule has 2 aromatic heterocycles. The molecular weight excluding hydrogens is 336 g/mol. The lowest BCUT2D eigenvalue weighted by molar-refractivity contribution is 0.0602. The zero-order chi connectivity index (χ0) is 15.6. The molecular formula is C12H11ClN2O4S2. The first-order chi connectivity index (χ1) is 9.86. The van der Waals surface area contributed by atoms with Gasteiger partial charge in [0.1, 0.15) is 9.77 Å². The second kappa shape index (κ2) is 6.00. The highest BCUT2D eigenvalue weighted by Gasteiger charge is 2.28. The van der Waals surface area contributed by atoms with Crippen LogP contribution in [0.15, 0.2) is 28.7 Å². The number of aromatic nitrogens is 1. The van der Waals surface area contributed by atoms with Gasteiger partial charge in [0.05, 0.1) is 24.0 Å². The van der Waals surface area contributed by atoms with Crippen LogP contribution in [0.4, 0.5) is 5.69 Å². The Hall–Kier alpha value is -1.64. The normalized spacial score (nSPS) is 11.2. The molecule has 0 fully saturated rings. The molecule has 0 bridgehead atoms. The van der Waals surface area contributed by atoms with Gasteiger partial charge in [0.15, 0.2) is 0 Å². The standard InChI is InChI=1S/C12H11ClN2O4S2/c1-7-6-20-10(12(16)19-2)11(7)21(17,18)15-9-5-14-4-3-8(9)13/h3-6,15H,1-2H3. The van der Waals surface area contributed by atoms with Crippen LogP contribution in [0.2, 0.25) is 5.02 Å². The van der Waals surface area contributed by atoms with E-state index in [-0.39, 0.29) is 20.5 Å². The number of anilines is 1. The van der Waals surface area contributed by atoms with Crippen LogP contribution >= 0.6 is 22.9 Å². The van der Waals surface area contributed by atoms with Gasteiger partial charge in [0.2, 0.25) is 0 Å². The molecule has 2 aromatic rings.